The van der Waals surface area contributed by atoms with E-state index in [0.717, 1.165) is 16.7 Å². The summed E-state index contributed by atoms with van der Waals surface area (Å²) in [6.45, 7) is 1.47. The van der Waals surface area contributed by atoms with Gasteiger partial charge in [-0.1, -0.05) is 54.6 Å². The molecule has 6 nitrogen and oxygen atoms in total. The zero-order valence-corrected chi connectivity index (χ0v) is 15.0. The Morgan fingerprint density at radius 1 is 0.926 bits per heavy atom. The fraction of sp³-hybridized carbons (Fsp3) is 0.333. The Kier molecular flexibility index (Phi) is 6.57. The lowest BCUT2D eigenvalue weighted by Gasteiger charge is -2.12. The van der Waals surface area contributed by atoms with Crippen LogP contribution in [-0.2, 0) is 38.8 Å². The molecule has 2 N–H and O–H groups in total. The molecule has 0 aromatic heterocycles. The second-order valence-electron chi connectivity index (χ2n) is 6.54. The van der Waals surface area contributed by atoms with Crippen molar-refractivity contribution in [3.05, 3.63) is 71.3 Å². The Balaban J connectivity index is 1.40. The summed E-state index contributed by atoms with van der Waals surface area (Å²) in [5, 5.41) is 11.7. The number of carbonyl (C=O) groups excluding carboxylic acids is 1. The monoisotopic (exact) mass is 369 g/mol. The van der Waals surface area contributed by atoms with Crippen molar-refractivity contribution in [1.82, 2.24) is 5.32 Å². The topological polar surface area (TPSA) is 84.9 Å². The molecule has 1 aliphatic heterocycles. The van der Waals surface area contributed by atoms with Crippen LogP contribution in [0.4, 0.5) is 0 Å². The minimum atomic E-state index is -1.02. The van der Waals surface area contributed by atoms with Crippen molar-refractivity contribution in [2.45, 2.75) is 44.8 Å². The van der Waals surface area contributed by atoms with Crippen molar-refractivity contribution in [1.29, 1.82) is 0 Å². The fourth-order valence-corrected chi connectivity index (χ4v) is 2.93. The molecule has 3 rings (SSSR count). The molecule has 0 saturated carbocycles. The summed E-state index contributed by atoms with van der Waals surface area (Å²) in [4.78, 5) is 23.0. The van der Waals surface area contributed by atoms with Crippen LogP contribution in [0.1, 0.15) is 29.5 Å². The lowest BCUT2D eigenvalue weighted by molar-refractivity contribution is -0.151. The number of benzene rings is 2. The highest BCUT2D eigenvalue weighted by molar-refractivity contribution is 5.82. The summed E-state index contributed by atoms with van der Waals surface area (Å²) >= 11 is 0. The van der Waals surface area contributed by atoms with Crippen molar-refractivity contribution in [3.63, 3.8) is 0 Å². The summed E-state index contributed by atoms with van der Waals surface area (Å²) in [6, 6.07) is 17.8. The summed E-state index contributed by atoms with van der Waals surface area (Å²) < 4.78 is 11.0. The third kappa shape index (κ3) is 5.64. The Morgan fingerprint density at radius 3 is 2.15 bits per heavy atom. The minimum Gasteiger partial charge on any atom is -0.479 e. The van der Waals surface area contributed by atoms with Gasteiger partial charge in [0.05, 0.1) is 13.2 Å². The van der Waals surface area contributed by atoms with E-state index in [1.54, 1.807) is 0 Å². The Bertz CT molecular complexity index is 760. The van der Waals surface area contributed by atoms with Gasteiger partial charge in [-0.05, 0) is 29.5 Å². The number of amides is 1. The molecule has 0 unspecified atom stereocenters. The van der Waals surface area contributed by atoms with E-state index < -0.39 is 18.2 Å². The van der Waals surface area contributed by atoms with Crippen LogP contribution in [0.5, 0.6) is 0 Å². The highest BCUT2D eigenvalue weighted by Gasteiger charge is 2.34. The molecule has 0 radical (unpaired) electrons. The molecule has 27 heavy (non-hydrogen) atoms. The second-order valence-corrected chi connectivity index (χ2v) is 6.54. The van der Waals surface area contributed by atoms with Crippen LogP contribution in [0, 0.1) is 0 Å². The quantitative estimate of drug-likeness (QED) is 0.747. The van der Waals surface area contributed by atoms with Crippen molar-refractivity contribution < 1.29 is 24.2 Å². The van der Waals surface area contributed by atoms with Crippen LogP contribution in [0.25, 0.3) is 0 Å². The number of hydrogen-bond donors (Lipinski definition) is 2. The van der Waals surface area contributed by atoms with Gasteiger partial charge in [-0.25, -0.2) is 4.79 Å². The first-order valence-corrected chi connectivity index (χ1v) is 8.97. The maximum Gasteiger partial charge on any atom is 0.332 e. The molecular formula is C21H23NO5. The number of aliphatic carboxylic acids is 1. The molecule has 0 bridgehead atoms. The van der Waals surface area contributed by atoms with E-state index in [1.165, 1.54) is 0 Å². The molecule has 142 valence electrons. The van der Waals surface area contributed by atoms with Gasteiger partial charge >= 0.3 is 5.97 Å². The maximum atomic E-state index is 12.1. The molecule has 1 aliphatic rings. The summed E-state index contributed by atoms with van der Waals surface area (Å²) in [5.74, 6) is -1.29. The predicted octanol–water partition coefficient (Wildman–Crippen LogP) is 2.65. The van der Waals surface area contributed by atoms with Crippen molar-refractivity contribution >= 4 is 11.9 Å². The number of carbonyl (C=O) groups is 2. The fourth-order valence-electron chi connectivity index (χ4n) is 2.93. The molecule has 1 saturated heterocycles. The maximum absolute atomic E-state index is 12.1. The van der Waals surface area contributed by atoms with Crippen molar-refractivity contribution in [2.24, 2.45) is 0 Å². The van der Waals surface area contributed by atoms with Gasteiger partial charge in [-0.2, -0.15) is 0 Å². The van der Waals surface area contributed by atoms with Crippen LogP contribution in [0.3, 0.4) is 0 Å². The highest BCUT2D eigenvalue weighted by Crippen LogP contribution is 2.20. The van der Waals surface area contributed by atoms with Crippen molar-refractivity contribution in [3.8, 4) is 0 Å². The number of carboxylic acid groups (broad SMARTS) is 1. The molecule has 1 fully saturated rings. The van der Waals surface area contributed by atoms with Crippen LogP contribution < -0.4 is 5.32 Å². The van der Waals surface area contributed by atoms with Gasteiger partial charge in [-0.3, -0.25) is 4.79 Å². The molecule has 0 spiro atoms. The minimum absolute atomic E-state index is 0.269. The van der Waals surface area contributed by atoms with Crippen LogP contribution in [0.15, 0.2) is 54.6 Å². The summed E-state index contributed by atoms with van der Waals surface area (Å²) in [5.41, 5.74) is 3.16. The lowest BCUT2D eigenvalue weighted by Crippen LogP contribution is -2.35. The van der Waals surface area contributed by atoms with E-state index in [4.69, 9.17) is 14.6 Å². The number of ether oxygens (including phenoxy) is 2. The van der Waals surface area contributed by atoms with E-state index in [9.17, 15) is 9.59 Å². The lowest BCUT2D eigenvalue weighted by atomic mass is 10.1. The largest absolute Gasteiger partial charge is 0.479 e. The van der Waals surface area contributed by atoms with Gasteiger partial charge in [0.2, 0.25) is 5.91 Å². The first kappa shape index (κ1) is 19.1. The third-order valence-corrected chi connectivity index (χ3v) is 4.46. The van der Waals surface area contributed by atoms with Gasteiger partial charge in [0.15, 0.2) is 6.10 Å². The number of hydrogen-bond acceptors (Lipinski definition) is 4. The standard InChI is InChI=1S/C21H23NO5/c23-20(18-10-11-19(27-18)21(24)25)22-12-15-6-8-17(9-7-15)14-26-13-16-4-2-1-3-5-16/h1-9,18-19H,10-14H2,(H,22,23)(H,24,25)/t18-,19+/m0/s1. The van der Waals surface area contributed by atoms with E-state index in [0.29, 0.717) is 32.6 Å². The van der Waals surface area contributed by atoms with E-state index in [1.807, 2.05) is 54.6 Å². The number of nitrogens with one attached hydrogen (secondary N) is 1. The van der Waals surface area contributed by atoms with Crippen LogP contribution in [-0.4, -0.2) is 29.2 Å². The average molecular weight is 369 g/mol. The third-order valence-electron chi connectivity index (χ3n) is 4.46. The zero-order valence-electron chi connectivity index (χ0n) is 15.0. The van der Waals surface area contributed by atoms with Gasteiger partial charge in [0.25, 0.3) is 0 Å². The number of carboxylic acids is 1. The highest BCUT2D eigenvalue weighted by atomic mass is 16.5. The first-order valence-electron chi connectivity index (χ1n) is 8.97. The van der Waals surface area contributed by atoms with Crippen LogP contribution >= 0.6 is 0 Å². The zero-order chi connectivity index (χ0) is 19.1. The molecule has 2 aromatic carbocycles. The smallest absolute Gasteiger partial charge is 0.332 e. The average Bonchev–Trinajstić information content (AvgIpc) is 3.19. The van der Waals surface area contributed by atoms with Gasteiger partial charge < -0.3 is 19.9 Å². The molecule has 6 heteroatoms. The van der Waals surface area contributed by atoms with Crippen molar-refractivity contribution in [2.75, 3.05) is 0 Å². The molecular weight excluding hydrogens is 346 g/mol. The molecule has 1 heterocycles. The Morgan fingerprint density at radius 2 is 1.52 bits per heavy atom. The summed E-state index contributed by atoms with van der Waals surface area (Å²) in [7, 11) is 0. The van der Waals surface area contributed by atoms with E-state index in [2.05, 4.69) is 5.32 Å². The summed E-state index contributed by atoms with van der Waals surface area (Å²) in [6.07, 6.45) is -0.765. The van der Waals surface area contributed by atoms with E-state index >= 15 is 0 Å². The predicted molar refractivity (Wildman–Crippen MR) is 98.8 cm³/mol. The molecule has 2 aromatic rings. The Labute approximate surface area is 158 Å². The molecule has 1 amide bonds. The second kappa shape index (κ2) is 9.30. The first-order chi connectivity index (χ1) is 13.1. The number of rotatable bonds is 8. The Hall–Kier alpha value is -2.70. The van der Waals surface area contributed by atoms with Gasteiger partial charge in [-0.15, -0.1) is 0 Å². The van der Waals surface area contributed by atoms with E-state index in [-0.39, 0.29) is 5.91 Å². The normalized spacial score (nSPS) is 19.0. The van der Waals surface area contributed by atoms with Gasteiger partial charge in [0, 0.05) is 6.54 Å². The SMILES string of the molecule is O=C(NCc1ccc(COCc2ccccc2)cc1)[C@@H]1CC[C@H](C(=O)O)O1. The van der Waals surface area contributed by atoms with Gasteiger partial charge in [0.1, 0.15) is 6.10 Å². The molecule has 0 aliphatic carbocycles. The van der Waals surface area contributed by atoms with Crippen LogP contribution in [0.2, 0.25) is 0 Å². The molecule has 2 atom stereocenters.